The van der Waals surface area contributed by atoms with Gasteiger partial charge in [0, 0.05) is 31.3 Å². The summed E-state index contributed by atoms with van der Waals surface area (Å²) in [7, 11) is 0. The number of likely N-dealkylation sites (tertiary alicyclic amines) is 2. The van der Waals surface area contributed by atoms with Crippen LogP contribution in [-0.2, 0) is 20.9 Å². The van der Waals surface area contributed by atoms with E-state index in [9.17, 15) is 14.7 Å². The molecule has 5 rings (SSSR count). The first kappa shape index (κ1) is 19.6. The number of hydrogen-bond acceptors (Lipinski definition) is 7. The minimum absolute atomic E-state index is 0.229. The molecule has 2 fully saturated rings. The minimum atomic E-state index is -0.577. The van der Waals surface area contributed by atoms with Crippen molar-refractivity contribution < 1.29 is 24.2 Å². The normalized spacial score (nSPS) is 24.1. The molecule has 0 amide bonds. The van der Waals surface area contributed by atoms with Crippen LogP contribution in [-0.4, -0.2) is 66.2 Å². The molecule has 0 unspecified atom stereocenters. The number of hydrogen-bond donors (Lipinski definition) is 1. The quantitative estimate of drug-likeness (QED) is 0.757. The molecule has 0 aromatic heterocycles. The average Bonchev–Trinajstić information content (AvgIpc) is 3.44. The van der Waals surface area contributed by atoms with Gasteiger partial charge in [0.15, 0.2) is 0 Å². The fourth-order valence-electron chi connectivity index (χ4n) is 5.42. The lowest BCUT2D eigenvalue weighted by molar-refractivity contribution is -0.135. The van der Waals surface area contributed by atoms with Gasteiger partial charge in [0.25, 0.3) is 0 Å². The van der Waals surface area contributed by atoms with Crippen molar-refractivity contribution in [3.05, 3.63) is 46.2 Å². The summed E-state index contributed by atoms with van der Waals surface area (Å²) in [6.45, 7) is 7.17. The van der Waals surface area contributed by atoms with E-state index in [1.54, 1.807) is 12.1 Å². The number of aliphatic hydroxyl groups is 1. The lowest BCUT2D eigenvalue weighted by atomic mass is 9.77. The van der Waals surface area contributed by atoms with Crippen LogP contribution in [0.15, 0.2) is 23.9 Å². The molecule has 0 bridgehead atoms. The van der Waals surface area contributed by atoms with E-state index in [-0.39, 0.29) is 11.9 Å². The standard InChI is InChI=1S/C23H28N2O5/c1-15-17(2-3-18-19(15)13-30-22(18)28)20(26)11-24-7-4-23(5-8-24)6-9-25(14-23)16-10-21(27)29-12-16/h2-3,10,20,26H,4-9,11-14H2,1H3/t20-/m0/s1. The molecule has 7 nitrogen and oxygen atoms in total. The summed E-state index contributed by atoms with van der Waals surface area (Å²) >= 11 is 0. The highest BCUT2D eigenvalue weighted by Gasteiger charge is 2.42. The van der Waals surface area contributed by atoms with E-state index in [0.29, 0.717) is 30.7 Å². The van der Waals surface area contributed by atoms with E-state index in [4.69, 9.17) is 9.47 Å². The first-order valence-corrected chi connectivity index (χ1v) is 10.8. The number of carbonyl (C=O) groups excluding carboxylic acids is 2. The summed E-state index contributed by atoms with van der Waals surface area (Å²) in [4.78, 5) is 27.8. The molecule has 7 heteroatoms. The third-order valence-electron chi connectivity index (χ3n) is 7.41. The predicted octanol–water partition coefficient (Wildman–Crippen LogP) is 1.93. The van der Waals surface area contributed by atoms with Crippen molar-refractivity contribution in [2.45, 2.75) is 38.9 Å². The Bertz CT molecular complexity index is 916. The molecule has 30 heavy (non-hydrogen) atoms. The van der Waals surface area contributed by atoms with Gasteiger partial charge in [-0.3, -0.25) is 0 Å². The highest BCUT2D eigenvalue weighted by atomic mass is 16.5. The predicted molar refractivity (Wildman–Crippen MR) is 109 cm³/mol. The smallest absolute Gasteiger partial charge is 0.338 e. The molecular formula is C23H28N2O5. The second-order valence-corrected chi connectivity index (χ2v) is 9.11. The Labute approximate surface area is 176 Å². The molecule has 1 spiro atoms. The van der Waals surface area contributed by atoms with E-state index in [2.05, 4.69) is 9.80 Å². The van der Waals surface area contributed by atoms with Gasteiger partial charge in [-0.1, -0.05) is 6.07 Å². The third-order valence-corrected chi connectivity index (χ3v) is 7.41. The van der Waals surface area contributed by atoms with Gasteiger partial charge in [-0.15, -0.1) is 0 Å². The molecule has 160 valence electrons. The maximum atomic E-state index is 11.7. The Morgan fingerprint density at radius 2 is 1.87 bits per heavy atom. The highest BCUT2D eigenvalue weighted by molar-refractivity contribution is 5.94. The number of benzene rings is 1. The van der Waals surface area contributed by atoms with Crippen molar-refractivity contribution in [3.63, 3.8) is 0 Å². The van der Waals surface area contributed by atoms with Crippen molar-refractivity contribution in [1.29, 1.82) is 0 Å². The van der Waals surface area contributed by atoms with Gasteiger partial charge in [-0.2, -0.15) is 0 Å². The zero-order valence-corrected chi connectivity index (χ0v) is 17.4. The van der Waals surface area contributed by atoms with Gasteiger partial charge in [-0.25, -0.2) is 9.59 Å². The first-order chi connectivity index (χ1) is 14.4. The molecule has 1 atom stereocenters. The molecule has 0 radical (unpaired) electrons. The Kier molecular flexibility index (Phi) is 4.82. The Balaban J connectivity index is 1.19. The number of ether oxygens (including phenoxy) is 2. The van der Waals surface area contributed by atoms with Crippen molar-refractivity contribution in [1.82, 2.24) is 9.80 Å². The maximum Gasteiger partial charge on any atom is 0.338 e. The number of β-amino-alcohol motifs (C(OH)–C–C–N with tert-alkyl or cyclic N) is 1. The van der Waals surface area contributed by atoms with Crippen molar-refractivity contribution in [2.75, 3.05) is 39.3 Å². The molecule has 4 heterocycles. The topological polar surface area (TPSA) is 79.3 Å². The fourth-order valence-corrected chi connectivity index (χ4v) is 5.42. The molecule has 0 saturated carbocycles. The molecule has 2 saturated heterocycles. The summed E-state index contributed by atoms with van der Waals surface area (Å²) in [5.41, 5.74) is 4.70. The van der Waals surface area contributed by atoms with Crippen LogP contribution in [0.4, 0.5) is 0 Å². The summed E-state index contributed by atoms with van der Waals surface area (Å²) < 4.78 is 10.2. The zero-order valence-electron chi connectivity index (χ0n) is 17.4. The lowest BCUT2D eigenvalue weighted by Crippen LogP contribution is -2.43. The second-order valence-electron chi connectivity index (χ2n) is 9.11. The van der Waals surface area contributed by atoms with Crippen LogP contribution in [0.3, 0.4) is 0 Å². The minimum Gasteiger partial charge on any atom is -0.457 e. The molecule has 0 aliphatic carbocycles. The monoisotopic (exact) mass is 412 g/mol. The van der Waals surface area contributed by atoms with E-state index < -0.39 is 6.10 Å². The van der Waals surface area contributed by atoms with Crippen molar-refractivity contribution in [3.8, 4) is 0 Å². The molecular weight excluding hydrogens is 384 g/mol. The van der Waals surface area contributed by atoms with E-state index in [1.165, 1.54) is 0 Å². The van der Waals surface area contributed by atoms with Gasteiger partial charge >= 0.3 is 11.9 Å². The summed E-state index contributed by atoms with van der Waals surface area (Å²) in [5, 5.41) is 10.9. The summed E-state index contributed by atoms with van der Waals surface area (Å²) in [5.74, 6) is -0.502. The van der Waals surface area contributed by atoms with Crippen LogP contribution in [0.25, 0.3) is 0 Å². The van der Waals surface area contributed by atoms with Crippen LogP contribution in [0, 0.1) is 12.3 Å². The lowest BCUT2D eigenvalue weighted by Gasteiger charge is -2.40. The van der Waals surface area contributed by atoms with E-state index in [0.717, 1.165) is 67.8 Å². The van der Waals surface area contributed by atoms with Gasteiger partial charge < -0.3 is 24.4 Å². The maximum absolute atomic E-state index is 11.7. The van der Waals surface area contributed by atoms with Crippen LogP contribution >= 0.6 is 0 Å². The van der Waals surface area contributed by atoms with E-state index in [1.807, 2.05) is 13.0 Å². The van der Waals surface area contributed by atoms with Gasteiger partial charge in [0.2, 0.25) is 0 Å². The van der Waals surface area contributed by atoms with Crippen LogP contribution < -0.4 is 0 Å². The SMILES string of the molecule is Cc1c([C@@H](O)CN2CCC3(CC2)CCN(C2=CC(=O)OC2)C3)ccc2c1COC2=O. The highest BCUT2D eigenvalue weighted by Crippen LogP contribution is 2.42. The number of esters is 2. The van der Waals surface area contributed by atoms with Crippen molar-refractivity contribution in [2.24, 2.45) is 5.41 Å². The summed E-state index contributed by atoms with van der Waals surface area (Å²) in [6, 6.07) is 3.64. The number of nitrogens with zero attached hydrogens (tertiary/aromatic N) is 2. The Morgan fingerprint density at radius 1 is 1.10 bits per heavy atom. The van der Waals surface area contributed by atoms with Gasteiger partial charge in [0.1, 0.15) is 13.2 Å². The number of rotatable bonds is 4. The molecule has 4 aliphatic rings. The molecule has 1 aromatic rings. The molecule has 1 N–H and O–H groups in total. The van der Waals surface area contributed by atoms with Crippen molar-refractivity contribution >= 4 is 11.9 Å². The number of fused-ring (bicyclic) bond motifs is 1. The third kappa shape index (κ3) is 3.40. The van der Waals surface area contributed by atoms with Gasteiger partial charge in [-0.05, 0) is 61.9 Å². The van der Waals surface area contributed by atoms with Crippen LogP contribution in [0.1, 0.15) is 52.4 Å². The summed E-state index contributed by atoms with van der Waals surface area (Å²) in [6.07, 6.45) is 4.40. The van der Waals surface area contributed by atoms with Crippen LogP contribution in [0.5, 0.6) is 0 Å². The van der Waals surface area contributed by atoms with Gasteiger partial charge in [0.05, 0.1) is 17.4 Å². The average molecular weight is 412 g/mol. The van der Waals surface area contributed by atoms with Crippen LogP contribution in [0.2, 0.25) is 0 Å². The number of aliphatic hydroxyl groups excluding tert-OH is 1. The Morgan fingerprint density at radius 3 is 2.60 bits per heavy atom. The molecule has 1 aromatic carbocycles. The zero-order chi connectivity index (χ0) is 20.9. The number of cyclic esters (lactones) is 2. The number of carbonyl (C=O) groups is 2. The van der Waals surface area contributed by atoms with E-state index >= 15 is 0 Å². The second kappa shape index (κ2) is 7.39. The Hall–Kier alpha value is -2.38. The molecule has 4 aliphatic heterocycles. The largest absolute Gasteiger partial charge is 0.457 e. The fraction of sp³-hybridized carbons (Fsp3) is 0.565. The number of piperidine rings is 1. The first-order valence-electron chi connectivity index (χ1n) is 10.8.